The SMILES string of the molecule is CCNC(=NCc1ccc(C)c(OC)c1)N(C)CCOCC1CC1.I. The quantitative estimate of drug-likeness (QED) is 0.265. The summed E-state index contributed by atoms with van der Waals surface area (Å²) in [4.78, 5) is 6.86. The highest BCUT2D eigenvalue weighted by Crippen LogP contribution is 2.28. The first-order valence-corrected chi connectivity index (χ1v) is 8.84. The van der Waals surface area contributed by atoms with Crippen molar-refractivity contribution in [1.29, 1.82) is 0 Å². The van der Waals surface area contributed by atoms with E-state index in [-0.39, 0.29) is 24.0 Å². The van der Waals surface area contributed by atoms with Crippen LogP contribution < -0.4 is 10.1 Å². The molecule has 1 aromatic rings. The van der Waals surface area contributed by atoms with Crippen molar-refractivity contribution < 1.29 is 9.47 Å². The molecule has 0 saturated heterocycles. The highest BCUT2D eigenvalue weighted by atomic mass is 127. The van der Waals surface area contributed by atoms with Crippen LogP contribution in [0.4, 0.5) is 0 Å². The van der Waals surface area contributed by atoms with Gasteiger partial charge in [0.15, 0.2) is 5.96 Å². The number of aryl methyl sites for hydroxylation is 1. The predicted octanol–water partition coefficient (Wildman–Crippen LogP) is 3.45. The molecular weight excluding hydrogens is 429 g/mol. The number of benzene rings is 1. The third-order valence-corrected chi connectivity index (χ3v) is 4.20. The molecule has 1 fully saturated rings. The number of halogens is 1. The molecule has 0 radical (unpaired) electrons. The maximum Gasteiger partial charge on any atom is 0.194 e. The van der Waals surface area contributed by atoms with Gasteiger partial charge in [-0.3, -0.25) is 0 Å². The van der Waals surface area contributed by atoms with Gasteiger partial charge >= 0.3 is 0 Å². The van der Waals surface area contributed by atoms with E-state index in [1.807, 2.05) is 6.92 Å². The molecule has 0 heterocycles. The second-order valence-corrected chi connectivity index (χ2v) is 6.41. The average molecular weight is 461 g/mol. The van der Waals surface area contributed by atoms with Gasteiger partial charge in [0.25, 0.3) is 0 Å². The van der Waals surface area contributed by atoms with Crippen LogP contribution in [-0.2, 0) is 11.3 Å². The fourth-order valence-corrected chi connectivity index (χ4v) is 2.44. The van der Waals surface area contributed by atoms with Crippen molar-refractivity contribution in [1.82, 2.24) is 10.2 Å². The van der Waals surface area contributed by atoms with Crippen molar-refractivity contribution in [3.63, 3.8) is 0 Å². The maximum atomic E-state index is 5.72. The lowest BCUT2D eigenvalue weighted by atomic mass is 10.1. The van der Waals surface area contributed by atoms with E-state index in [1.165, 1.54) is 12.8 Å². The molecule has 25 heavy (non-hydrogen) atoms. The van der Waals surface area contributed by atoms with Gasteiger partial charge < -0.3 is 19.7 Å². The Hall–Kier alpha value is -1.02. The lowest BCUT2D eigenvalue weighted by molar-refractivity contribution is 0.115. The third kappa shape index (κ3) is 7.81. The first kappa shape index (κ1) is 22.0. The van der Waals surface area contributed by atoms with Crippen molar-refractivity contribution in [2.45, 2.75) is 33.2 Å². The van der Waals surface area contributed by atoms with E-state index in [0.29, 0.717) is 6.54 Å². The summed E-state index contributed by atoms with van der Waals surface area (Å²) < 4.78 is 11.1. The molecule has 1 N–H and O–H groups in total. The zero-order valence-electron chi connectivity index (χ0n) is 15.9. The van der Waals surface area contributed by atoms with E-state index in [9.17, 15) is 0 Å². The summed E-state index contributed by atoms with van der Waals surface area (Å²) in [6.45, 7) is 8.11. The van der Waals surface area contributed by atoms with E-state index in [2.05, 4.69) is 42.4 Å². The second-order valence-electron chi connectivity index (χ2n) is 6.41. The molecule has 142 valence electrons. The molecule has 0 spiro atoms. The number of nitrogens with one attached hydrogen (secondary N) is 1. The summed E-state index contributed by atoms with van der Waals surface area (Å²) in [5.41, 5.74) is 2.29. The van der Waals surface area contributed by atoms with E-state index >= 15 is 0 Å². The molecule has 1 aliphatic rings. The Kier molecular flexibility index (Phi) is 10.2. The number of hydrogen-bond acceptors (Lipinski definition) is 3. The van der Waals surface area contributed by atoms with E-state index < -0.39 is 0 Å². The fourth-order valence-electron chi connectivity index (χ4n) is 2.44. The maximum absolute atomic E-state index is 5.72. The Morgan fingerprint density at radius 2 is 2.12 bits per heavy atom. The minimum atomic E-state index is 0. The van der Waals surface area contributed by atoms with E-state index in [4.69, 9.17) is 14.5 Å². The van der Waals surface area contributed by atoms with Gasteiger partial charge in [0, 0.05) is 26.7 Å². The van der Waals surface area contributed by atoms with E-state index in [1.54, 1.807) is 7.11 Å². The highest BCUT2D eigenvalue weighted by Gasteiger charge is 2.21. The molecule has 1 aromatic carbocycles. The van der Waals surface area contributed by atoms with Crippen molar-refractivity contribution in [2.75, 3.05) is 40.5 Å². The number of ether oxygens (including phenoxy) is 2. The molecule has 1 aliphatic carbocycles. The van der Waals surface area contributed by atoms with Crippen molar-refractivity contribution in [3.8, 4) is 5.75 Å². The zero-order valence-corrected chi connectivity index (χ0v) is 18.2. The van der Waals surface area contributed by atoms with Crippen molar-refractivity contribution in [2.24, 2.45) is 10.9 Å². The Morgan fingerprint density at radius 1 is 1.36 bits per heavy atom. The van der Waals surface area contributed by atoms with E-state index in [0.717, 1.165) is 55.1 Å². The number of nitrogens with zero attached hydrogens (tertiary/aromatic N) is 2. The van der Waals surface area contributed by atoms with Gasteiger partial charge in [-0.1, -0.05) is 12.1 Å². The van der Waals surface area contributed by atoms with Gasteiger partial charge in [0.2, 0.25) is 0 Å². The molecule has 0 aliphatic heterocycles. The first-order chi connectivity index (χ1) is 11.6. The number of guanidine groups is 1. The normalized spacial score (nSPS) is 14.0. The number of methoxy groups -OCH3 is 1. The van der Waals surface area contributed by atoms with Gasteiger partial charge in [0.1, 0.15) is 5.75 Å². The van der Waals surface area contributed by atoms with Crippen LogP contribution in [0, 0.1) is 12.8 Å². The molecule has 0 unspecified atom stereocenters. The molecule has 5 nitrogen and oxygen atoms in total. The molecule has 0 bridgehead atoms. The summed E-state index contributed by atoms with van der Waals surface area (Å²) >= 11 is 0. The average Bonchev–Trinajstić information content (AvgIpc) is 3.40. The number of rotatable bonds is 9. The van der Waals surface area contributed by atoms with Crippen molar-refractivity contribution >= 4 is 29.9 Å². The highest BCUT2D eigenvalue weighted by molar-refractivity contribution is 14.0. The van der Waals surface area contributed by atoms with Gasteiger partial charge in [-0.15, -0.1) is 24.0 Å². The van der Waals surface area contributed by atoms with Crippen LogP contribution in [-0.4, -0.2) is 51.3 Å². The van der Waals surface area contributed by atoms with Crippen LogP contribution in [0.1, 0.15) is 30.9 Å². The Labute approximate surface area is 169 Å². The molecule has 0 amide bonds. The third-order valence-electron chi connectivity index (χ3n) is 4.20. The van der Waals surface area contributed by atoms with Crippen LogP contribution in [0.5, 0.6) is 5.75 Å². The minimum Gasteiger partial charge on any atom is -0.496 e. The van der Waals surface area contributed by atoms with Crippen LogP contribution in [0.15, 0.2) is 23.2 Å². The molecule has 1 saturated carbocycles. The first-order valence-electron chi connectivity index (χ1n) is 8.84. The standard InChI is InChI=1S/C19H31N3O2.HI/c1-5-20-19(22(3)10-11-24-14-16-8-9-16)21-13-17-7-6-15(2)18(12-17)23-4;/h6-7,12,16H,5,8-11,13-14H2,1-4H3,(H,20,21);1H. The van der Waals surface area contributed by atoms with Gasteiger partial charge in [0.05, 0.1) is 20.3 Å². The van der Waals surface area contributed by atoms with Gasteiger partial charge in [-0.25, -0.2) is 4.99 Å². The monoisotopic (exact) mass is 461 g/mol. The number of aliphatic imine (C=N–C) groups is 1. The van der Waals surface area contributed by atoms with Crippen LogP contribution in [0.2, 0.25) is 0 Å². The summed E-state index contributed by atoms with van der Waals surface area (Å²) in [5, 5.41) is 3.34. The number of hydrogen-bond donors (Lipinski definition) is 1. The summed E-state index contributed by atoms with van der Waals surface area (Å²) in [7, 11) is 3.76. The lowest BCUT2D eigenvalue weighted by Gasteiger charge is -2.22. The van der Waals surface area contributed by atoms with Gasteiger partial charge in [-0.2, -0.15) is 0 Å². The topological polar surface area (TPSA) is 46.1 Å². The van der Waals surface area contributed by atoms with Crippen LogP contribution in [0.3, 0.4) is 0 Å². The molecule has 0 aromatic heterocycles. The predicted molar refractivity (Wildman–Crippen MR) is 114 cm³/mol. The van der Waals surface area contributed by atoms with Crippen LogP contribution in [0.25, 0.3) is 0 Å². The Morgan fingerprint density at radius 3 is 2.76 bits per heavy atom. The minimum absolute atomic E-state index is 0. The fraction of sp³-hybridized carbons (Fsp3) is 0.632. The van der Waals surface area contributed by atoms with Crippen LogP contribution >= 0.6 is 24.0 Å². The summed E-state index contributed by atoms with van der Waals surface area (Å²) in [6, 6.07) is 6.23. The number of likely N-dealkylation sites (N-methyl/N-ethyl adjacent to an activating group) is 1. The molecule has 0 atom stereocenters. The second kappa shape index (κ2) is 11.6. The van der Waals surface area contributed by atoms with Gasteiger partial charge in [-0.05, 0) is 49.8 Å². The molecular formula is C19H32IN3O2. The smallest absolute Gasteiger partial charge is 0.194 e. The Bertz CT molecular complexity index is 547. The van der Waals surface area contributed by atoms with Crippen molar-refractivity contribution in [3.05, 3.63) is 29.3 Å². The zero-order chi connectivity index (χ0) is 17.4. The Balaban J connectivity index is 0.00000312. The molecule has 2 rings (SSSR count). The molecule has 6 heteroatoms. The summed E-state index contributed by atoms with van der Waals surface area (Å²) in [6.07, 6.45) is 2.67. The lowest BCUT2D eigenvalue weighted by Crippen LogP contribution is -2.40. The summed E-state index contributed by atoms with van der Waals surface area (Å²) in [5.74, 6) is 2.63. The largest absolute Gasteiger partial charge is 0.496 e.